The van der Waals surface area contributed by atoms with Gasteiger partial charge in [0.25, 0.3) is 0 Å². The third kappa shape index (κ3) is 5.74. The summed E-state index contributed by atoms with van der Waals surface area (Å²) in [7, 11) is 3.74. The van der Waals surface area contributed by atoms with Crippen LogP contribution in [0.1, 0.15) is 31.2 Å². The number of carbonyl (C=O) groups excluding carboxylic acids is 1. The van der Waals surface area contributed by atoms with Crippen molar-refractivity contribution in [3.05, 3.63) is 53.8 Å². The van der Waals surface area contributed by atoms with Crippen LogP contribution < -0.4 is 10.1 Å². The molecule has 2 aliphatic rings. The summed E-state index contributed by atoms with van der Waals surface area (Å²) >= 11 is 0. The number of rotatable bonds is 7. The van der Waals surface area contributed by atoms with E-state index in [4.69, 9.17) is 9.47 Å². The number of methoxy groups -OCH3 is 1. The fourth-order valence-corrected chi connectivity index (χ4v) is 5.26. The van der Waals surface area contributed by atoms with E-state index in [1.807, 2.05) is 12.1 Å². The van der Waals surface area contributed by atoms with Gasteiger partial charge in [-0.25, -0.2) is 4.39 Å². The van der Waals surface area contributed by atoms with E-state index < -0.39 is 5.41 Å². The van der Waals surface area contributed by atoms with E-state index in [0.717, 1.165) is 37.2 Å². The van der Waals surface area contributed by atoms with Crippen LogP contribution in [0, 0.1) is 17.2 Å². The molecule has 33 heavy (non-hydrogen) atoms. The molecular formula is C27H35FN2O3. The first-order chi connectivity index (χ1) is 16.0. The van der Waals surface area contributed by atoms with Gasteiger partial charge in [0.05, 0.1) is 12.5 Å². The monoisotopic (exact) mass is 454 g/mol. The molecule has 1 amide bonds. The number of hydrogen-bond donors (Lipinski definition) is 1. The maximum Gasteiger partial charge on any atom is 0.226 e. The Labute approximate surface area is 196 Å². The predicted octanol–water partition coefficient (Wildman–Crippen LogP) is 4.30. The van der Waals surface area contributed by atoms with Crippen LogP contribution in [0.15, 0.2) is 42.5 Å². The van der Waals surface area contributed by atoms with Crippen LogP contribution in [-0.2, 0) is 16.0 Å². The Balaban J connectivity index is 1.52. The van der Waals surface area contributed by atoms with Crippen molar-refractivity contribution in [2.75, 3.05) is 47.0 Å². The van der Waals surface area contributed by atoms with Gasteiger partial charge >= 0.3 is 0 Å². The molecule has 2 aromatic carbocycles. The lowest BCUT2D eigenvalue weighted by molar-refractivity contribution is -0.137. The summed E-state index contributed by atoms with van der Waals surface area (Å²) in [5, 5.41) is 3.29. The molecule has 0 aliphatic carbocycles. The lowest BCUT2D eigenvalue weighted by Gasteiger charge is -2.37. The van der Waals surface area contributed by atoms with Gasteiger partial charge in [0.2, 0.25) is 5.91 Å². The van der Waals surface area contributed by atoms with Crippen molar-refractivity contribution in [2.45, 2.75) is 32.1 Å². The van der Waals surface area contributed by atoms with Crippen molar-refractivity contribution in [1.82, 2.24) is 10.2 Å². The standard InChI is InChI=1S/C27H35FN2O3/c1-30-12-4-6-21(19-30)18-29-26(31)27(10-13-33-14-11-27)17-20-5-3-7-22(15-20)24-16-23(28)8-9-25(24)32-2/h3,5,7-9,15-16,21H,4,6,10-14,17-19H2,1-2H3,(H,29,31)/t21-/m0/s1. The third-order valence-electron chi connectivity index (χ3n) is 7.15. The van der Waals surface area contributed by atoms with E-state index in [-0.39, 0.29) is 11.7 Å². The molecule has 2 saturated heterocycles. The summed E-state index contributed by atoms with van der Waals surface area (Å²) in [6.07, 6.45) is 4.40. The molecule has 0 spiro atoms. The summed E-state index contributed by atoms with van der Waals surface area (Å²) in [4.78, 5) is 15.8. The minimum Gasteiger partial charge on any atom is -0.496 e. The van der Waals surface area contributed by atoms with E-state index in [9.17, 15) is 9.18 Å². The molecule has 2 aromatic rings. The molecule has 178 valence electrons. The van der Waals surface area contributed by atoms with Crippen LogP contribution in [0.5, 0.6) is 5.75 Å². The van der Waals surface area contributed by atoms with Gasteiger partial charge in [-0.2, -0.15) is 0 Å². The second-order valence-electron chi connectivity index (χ2n) is 9.59. The fraction of sp³-hybridized carbons (Fsp3) is 0.519. The molecule has 0 unspecified atom stereocenters. The van der Waals surface area contributed by atoms with E-state index in [0.29, 0.717) is 49.7 Å². The Morgan fingerprint density at radius 3 is 2.82 bits per heavy atom. The number of carbonyl (C=O) groups is 1. The molecule has 1 atom stereocenters. The number of likely N-dealkylation sites (tertiary alicyclic amines) is 1. The molecule has 5 nitrogen and oxygen atoms in total. The summed E-state index contributed by atoms with van der Waals surface area (Å²) in [6.45, 7) is 4.09. The first-order valence-corrected chi connectivity index (χ1v) is 12.0. The highest BCUT2D eigenvalue weighted by atomic mass is 19.1. The number of nitrogens with zero attached hydrogens (tertiary/aromatic N) is 1. The van der Waals surface area contributed by atoms with Crippen LogP contribution in [-0.4, -0.2) is 57.8 Å². The Kier molecular flexibility index (Phi) is 7.66. The Morgan fingerprint density at radius 1 is 1.24 bits per heavy atom. The number of amides is 1. The van der Waals surface area contributed by atoms with Gasteiger partial charge < -0.3 is 19.7 Å². The van der Waals surface area contributed by atoms with Gasteiger partial charge in [0.1, 0.15) is 11.6 Å². The molecule has 0 saturated carbocycles. The van der Waals surface area contributed by atoms with E-state index in [2.05, 4.69) is 29.4 Å². The first kappa shape index (κ1) is 23.7. The summed E-state index contributed by atoms with van der Waals surface area (Å²) in [6, 6.07) is 12.6. The van der Waals surface area contributed by atoms with Gasteiger partial charge in [0.15, 0.2) is 0 Å². The van der Waals surface area contributed by atoms with Crippen molar-refractivity contribution in [2.24, 2.45) is 11.3 Å². The Morgan fingerprint density at radius 2 is 2.06 bits per heavy atom. The highest BCUT2D eigenvalue weighted by molar-refractivity contribution is 5.83. The van der Waals surface area contributed by atoms with Crippen molar-refractivity contribution in [1.29, 1.82) is 0 Å². The smallest absolute Gasteiger partial charge is 0.226 e. The quantitative estimate of drug-likeness (QED) is 0.678. The number of nitrogens with one attached hydrogen (secondary N) is 1. The summed E-state index contributed by atoms with van der Waals surface area (Å²) in [5.74, 6) is 0.968. The van der Waals surface area contributed by atoms with Crippen molar-refractivity contribution in [3.8, 4) is 16.9 Å². The van der Waals surface area contributed by atoms with Gasteiger partial charge in [-0.1, -0.05) is 24.3 Å². The zero-order chi connectivity index (χ0) is 23.3. The molecule has 6 heteroatoms. The second kappa shape index (κ2) is 10.7. The average molecular weight is 455 g/mol. The topological polar surface area (TPSA) is 50.8 Å². The molecule has 0 aromatic heterocycles. The normalized spacial score (nSPS) is 20.9. The van der Waals surface area contributed by atoms with E-state index >= 15 is 0 Å². The molecule has 0 radical (unpaired) electrons. The summed E-state index contributed by atoms with van der Waals surface area (Å²) in [5.41, 5.74) is 2.18. The maximum atomic E-state index is 13.9. The largest absolute Gasteiger partial charge is 0.496 e. The maximum absolute atomic E-state index is 13.9. The lowest BCUT2D eigenvalue weighted by Crippen LogP contribution is -2.48. The van der Waals surface area contributed by atoms with Crippen LogP contribution in [0.25, 0.3) is 11.1 Å². The average Bonchev–Trinajstić information content (AvgIpc) is 2.83. The molecule has 2 heterocycles. The number of hydrogen-bond acceptors (Lipinski definition) is 4. The van der Waals surface area contributed by atoms with Crippen LogP contribution in [0.3, 0.4) is 0 Å². The molecular weight excluding hydrogens is 419 g/mol. The first-order valence-electron chi connectivity index (χ1n) is 12.0. The van der Waals surface area contributed by atoms with Gasteiger partial charge in [-0.05, 0) is 80.9 Å². The zero-order valence-corrected chi connectivity index (χ0v) is 19.7. The van der Waals surface area contributed by atoms with Crippen LogP contribution in [0.4, 0.5) is 4.39 Å². The number of piperidine rings is 1. The van der Waals surface area contributed by atoms with Gasteiger partial charge in [-0.15, -0.1) is 0 Å². The third-order valence-corrected chi connectivity index (χ3v) is 7.15. The Bertz CT molecular complexity index is 958. The zero-order valence-electron chi connectivity index (χ0n) is 19.7. The van der Waals surface area contributed by atoms with Crippen LogP contribution >= 0.6 is 0 Å². The second-order valence-corrected chi connectivity index (χ2v) is 9.59. The minimum atomic E-state index is -0.483. The van der Waals surface area contributed by atoms with Gasteiger partial charge in [0, 0.05) is 31.9 Å². The van der Waals surface area contributed by atoms with Crippen molar-refractivity contribution in [3.63, 3.8) is 0 Å². The fourth-order valence-electron chi connectivity index (χ4n) is 5.26. The number of ether oxygens (including phenoxy) is 2. The van der Waals surface area contributed by atoms with E-state index in [1.54, 1.807) is 13.2 Å². The van der Waals surface area contributed by atoms with Gasteiger partial charge in [-0.3, -0.25) is 4.79 Å². The van der Waals surface area contributed by atoms with E-state index in [1.165, 1.54) is 18.6 Å². The highest BCUT2D eigenvalue weighted by Gasteiger charge is 2.40. The minimum absolute atomic E-state index is 0.132. The predicted molar refractivity (Wildman–Crippen MR) is 128 cm³/mol. The molecule has 0 bridgehead atoms. The summed E-state index contributed by atoms with van der Waals surface area (Å²) < 4.78 is 25.0. The molecule has 2 fully saturated rings. The number of halogens is 1. The molecule has 4 rings (SSSR count). The SMILES string of the molecule is COc1ccc(F)cc1-c1cccc(CC2(C(=O)NC[C@@H]3CCCN(C)C3)CCOCC2)c1. The lowest BCUT2D eigenvalue weighted by atomic mass is 9.74. The van der Waals surface area contributed by atoms with Crippen molar-refractivity contribution < 1.29 is 18.7 Å². The Hall–Kier alpha value is -2.44. The molecule has 2 aliphatic heterocycles. The van der Waals surface area contributed by atoms with Crippen molar-refractivity contribution >= 4 is 5.91 Å². The van der Waals surface area contributed by atoms with Crippen LogP contribution in [0.2, 0.25) is 0 Å². The number of benzene rings is 2. The molecule has 1 N–H and O–H groups in total. The highest BCUT2D eigenvalue weighted by Crippen LogP contribution is 2.37.